The zero-order valence-electron chi connectivity index (χ0n) is 5.76. The van der Waals surface area contributed by atoms with Crippen LogP contribution in [0.2, 0.25) is 0 Å². The highest BCUT2D eigenvalue weighted by Crippen LogP contribution is 2.18. The number of nitrogens with zero attached hydrogens (tertiary/aromatic N) is 1. The Bertz CT molecular complexity index is 213. The monoisotopic (exact) mass is 200 g/mol. The maximum atomic E-state index is 3.94. The van der Waals surface area contributed by atoms with Crippen molar-refractivity contribution in [2.75, 3.05) is 11.9 Å². The zero-order valence-corrected chi connectivity index (χ0v) is 7.35. The van der Waals surface area contributed by atoms with Crippen LogP contribution < -0.4 is 5.32 Å². The predicted molar refractivity (Wildman–Crippen MR) is 46.1 cm³/mol. The van der Waals surface area contributed by atoms with Crippen molar-refractivity contribution in [3.8, 4) is 0 Å². The molecule has 0 radical (unpaired) electrons. The van der Waals surface area contributed by atoms with E-state index in [1.165, 1.54) is 0 Å². The number of halogens is 1. The first-order valence-corrected chi connectivity index (χ1v) is 3.97. The number of aromatic nitrogens is 1. The molecule has 0 atom stereocenters. The Kier molecular flexibility index (Phi) is 2.68. The second-order valence-corrected chi connectivity index (χ2v) is 2.74. The highest BCUT2D eigenvalue weighted by atomic mass is 79.9. The summed E-state index contributed by atoms with van der Waals surface area (Å²) in [6.07, 6.45) is 3.54. The van der Waals surface area contributed by atoms with Gasteiger partial charge in [-0.1, -0.05) is 0 Å². The Morgan fingerprint density at radius 1 is 1.70 bits per heavy atom. The molecule has 54 valence electrons. The first-order chi connectivity index (χ1) is 4.84. The van der Waals surface area contributed by atoms with Gasteiger partial charge in [0.2, 0.25) is 0 Å². The summed E-state index contributed by atoms with van der Waals surface area (Å²) in [4.78, 5) is 3.94. The fourth-order valence-corrected chi connectivity index (χ4v) is 1.10. The van der Waals surface area contributed by atoms with E-state index in [1.807, 2.05) is 6.07 Å². The molecule has 0 bridgehead atoms. The van der Waals surface area contributed by atoms with Crippen molar-refractivity contribution in [2.24, 2.45) is 0 Å². The maximum absolute atomic E-state index is 3.94. The van der Waals surface area contributed by atoms with Crippen LogP contribution in [0, 0.1) is 0 Å². The number of nitrogens with one attached hydrogen (secondary N) is 1. The fourth-order valence-electron chi connectivity index (χ4n) is 0.709. The summed E-state index contributed by atoms with van der Waals surface area (Å²) in [5.74, 6) is 0. The van der Waals surface area contributed by atoms with Gasteiger partial charge in [-0.2, -0.15) is 0 Å². The van der Waals surface area contributed by atoms with E-state index in [2.05, 4.69) is 33.2 Å². The minimum absolute atomic E-state index is 0.933. The van der Waals surface area contributed by atoms with E-state index in [-0.39, 0.29) is 0 Å². The van der Waals surface area contributed by atoms with E-state index in [1.54, 1.807) is 12.4 Å². The number of hydrogen-bond acceptors (Lipinski definition) is 2. The SMILES string of the molecule is CCNc1ccncc1Br. The van der Waals surface area contributed by atoms with Crippen LogP contribution in [0.25, 0.3) is 0 Å². The molecule has 0 aliphatic heterocycles. The van der Waals surface area contributed by atoms with Gasteiger partial charge in [-0.05, 0) is 28.9 Å². The molecule has 2 nitrogen and oxygen atoms in total. The minimum atomic E-state index is 0.933. The van der Waals surface area contributed by atoms with Crippen LogP contribution in [0.3, 0.4) is 0 Å². The van der Waals surface area contributed by atoms with Gasteiger partial charge >= 0.3 is 0 Å². The van der Waals surface area contributed by atoms with Gasteiger partial charge in [0, 0.05) is 18.9 Å². The van der Waals surface area contributed by atoms with Crippen molar-refractivity contribution in [3.63, 3.8) is 0 Å². The molecule has 0 amide bonds. The molecule has 1 N–H and O–H groups in total. The van der Waals surface area contributed by atoms with Crippen molar-refractivity contribution in [1.82, 2.24) is 4.98 Å². The molecule has 0 spiro atoms. The molecular formula is C7H9BrN2. The molecule has 3 heteroatoms. The van der Waals surface area contributed by atoms with Gasteiger partial charge in [-0.15, -0.1) is 0 Å². The van der Waals surface area contributed by atoms with Gasteiger partial charge in [-0.25, -0.2) is 0 Å². The number of anilines is 1. The summed E-state index contributed by atoms with van der Waals surface area (Å²) in [5, 5.41) is 3.19. The lowest BCUT2D eigenvalue weighted by Crippen LogP contribution is -1.96. The molecule has 1 heterocycles. The predicted octanol–water partition coefficient (Wildman–Crippen LogP) is 2.28. The third-order valence-electron chi connectivity index (χ3n) is 1.14. The number of rotatable bonds is 2. The first kappa shape index (κ1) is 7.54. The largest absolute Gasteiger partial charge is 0.384 e. The van der Waals surface area contributed by atoms with Crippen molar-refractivity contribution < 1.29 is 0 Å². The molecule has 0 aliphatic carbocycles. The maximum Gasteiger partial charge on any atom is 0.0590 e. The zero-order chi connectivity index (χ0) is 7.40. The summed E-state index contributed by atoms with van der Waals surface area (Å²) in [5.41, 5.74) is 1.09. The van der Waals surface area contributed by atoms with Gasteiger partial charge in [0.1, 0.15) is 0 Å². The molecule has 10 heavy (non-hydrogen) atoms. The third kappa shape index (κ3) is 1.70. The van der Waals surface area contributed by atoms with Crippen molar-refractivity contribution in [2.45, 2.75) is 6.92 Å². The Labute approximate surface area is 68.8 Å². The number of hydrogen-bond donors (Lipinski definition) is 1. The van der Waals surface area contributed by atoms with Crippen LogP contribution in [0.15, 0.2) is 22.9 Å². The minimum Gasteiger partial charge on any atom is -0.384 e. The van der Waals surface area contributed by atoms with Gasteiger partial charge in [0.25, 0.3) is 0 Å². The Morgan fingerprint density at radius 2 is 2.50 bits per heavy atom. The fraction of sp³-hybridized carbons (Fsp3) is 0.286. The lowest BCUT2D eigenvalue weighted by atomic mass is 10.4. The molecule has 1 aromatic rings. The second-order valence-electron chi connectivity index (χ2n) is 1.89. The average molecular weight is 201 g/mol. The van der Waals surface area contributed by atoms with E-state index in [9.17, 15) is 0 Å². The third-order valence-corrected chi connectivity index (χ3v) is 1.77. The molecule has 1 aromatic heterocycles. The Morgan fingerprint density at radius 3 is 3.10 bits per heavy atom. The lowest BCUT2D eigenvalue weighted by molar-refractivity contribution is 1.19. The van der Waals surface area contributed by atoms with Crippen molar-refractivity contribution in [3.05, 3.63) is 22.9 Å². The molecule has 0 fully saturated rings. The summed E-state index contributed by atoms with van der Waals surface area (Å²) in [6.45, 7) is 3.00. The van der Waals surface area contributed by atoms with E-state index < -0.39 is 0 Å². The van der Waals surface area contributed by atoms with Crippen LogP contribution in [-0.4, -0.2) is 11.5 Å². The van der Waals surface area contributed by atoms with Crippen LogP contribution >= 0.6 is 15.9 Å². The van der Waals surface area contributed by atoms with Crippen LogP contribution in [0.1, 0.15) is 6.92 Å². The molecule has 1 rings (SSSR count). The summed E-state index contributed by atoms with van der Waals surface area (Å²) < 4.78 is 1.01. The normalized spacial score (nSPS) is 9.40. The standard InChI is InChI=1S/C7H9BrN2/c1-2-10-7-3-4-9-5-6(7)8/h3-5H,2H2,1H3,(H,9,10). The van der Waals surface area contributed by atoms with Crippen LogP contribution in [0.4, 0.5) is 5.69 Å². The van der Waals surface area contributed by atoms with E-state index in [4.69, 9.17) is 0 Å². The van der Waals surface area contributed by atoms with E-state index in [0.29, 0.717) is 0 Å². The molecular weight excluding hydrogens is 192 g/mol. The summed E-state index contributed by atoms with van der Waals surface area (Å²) in [7, 11) is 0. The van der Waals surface area contributed by atoms with Crippen LogP contribution in [0.5, 0.6) is 0 Å². The Hall–Kier alpha value is -0.570. The highest BCUT2D eigenvalue weighted by Gasteiger charge is 1.93. The quantitative estimate of drug-likeness (QED) is 0.793. The Balaban J connectivity index is 2.81. The van der Waals surface area contributed by atoms with Crippen molar-refractivity contribution in [1.29, 1.82) is 0 Å². The molecule has 0 aromatic carbocycles. The van der Waals surface area contributed by atoms with Gasteiger partial charge in [0.05, 0.1) is 10.2 Å². The first-order valence-electron chi connectivity index (χ1n) is 3.18. The van der Waals surface area contributed by atoms with Crippen molar-refractivity contribution >= 4 is 21.6 Å². The summed E-state index contributed by atoms with van der Waals surface area (Å²) in [6, 6.07) is 1.94. The smallest absolute Gasteiger partial charge is 0.0590 e. The number of pyridine rings is 1. The second kappa shape index (κ2) is 3.56. The van der Waals surface area contributed by atoms with Gasteiger partial charge in [0.15, 0.2) is 0 Å². The van der Waals surface area contributed by atoms with Crippen LogP contribution in [-0.2, 0) is 0 Å². The molecule has 0 saturated carbocycles. The van der Waals surface area contributed by atoms with Gasteiger partial charge in [-0.3, -0.25) is 4.98 Å². The highest BCUT2D eigenvalue weighted by molar-refractivity contribution is 9.10. The van der Waals surface area contributed by atoms with E-state index in [0.717, 1.165) is 16.7 Å². The molecule has 0 aliphatic rings. The lowest BCUT2D eigenvalue weighted by Gasteiger charge is -2.02. The molecule has 0 saturated heterocycles. The summed E-state index contributed by atoms with van der Waals surface area (Å²) >= 11 is 3.37. The van der Waals surface area contributed by atoms with Gasteiger partial charge < -0.3 is 5.32 Å². The molecule has 0 unspecified atom stereocenters. The van der Waals surface area contributed by atoms with E-state index >= 15 is 0 Å². The average Bonchev–Trinajstić information content (AvgIpc) is 1.94. The topological polar surface area (TPSA) is 24.9 Å².